The van der Waals surface area contributed by atoms with Gasteiger partial charge < -0.3 is 0 Å². The number of fused-ring (bicyclic) bond motifs is 1. The second kappa shape index (κ2) is 5.90. The molecule has 0 aliphatic carbocycles. The Morgan fingerprint density at radius 2 is 2.26 bits per heavy atom. The zero-order valence-electron chi connectivity index (χ0n) is 12.1. The van der Waals surface area contributed by atoms with Gasteiger partial charge in [-0.15, -0.1) is 11.3 Å². The molecule has 2 aliphatic heterocycles. The highest BCUT2D eigenvalue weighted by atomic mass is 32.1. The fourth-order valence-electron chi connectivity index (χ4n) is 3.54. The molecule has 0 aromatic carbocycles. The van der Waals surface area contributed by atoms with E-state index in [1.807, 2.05) is 17.5 Å². The third-order valence-electron chi connectivity index (χ3n) is 4.63. The number of aromatic nitrogens is 1. The van der Waals surface area contributed by atoms with Crippen molar-refractivity contribution in [2.75, 3.05) is 19.6 Å². The van der Waals surface area contributed by atoms with E-state index in [1.54, 1.807) is 0 Å². The van der Waals surface area contributed by atoms with Gasteiger partial charge in [0.15, 0.2) is 0 Å². The molecule has 2 unspecified atom stereocenters. The van der Waals surface area contributed by atoms with Gasteiger partial charge in [0, 0.05) is 36.2 Å². The molecule has 0 spiro atoms. The number of rotatable bonds is 3. The molecular weight excluding hydrogens is 254 g/mol. The molecule has 3 rings (SSSR count). The van der Waals surface area contributed by atoms with Crippen molar-refractivity contribution in [2.45, 2.75) is 58.2 Å². The summed E-state index contributed by atoms with van der Waals surface area (Å²) in [5, 5.41) is 1.29. The van der Waals surface area contributed by atoms with Crippen molar-refractivity contribution in [2.24, 2.45) is 0 Å². The van der Waals surface area contributed by atoms with E-state index in [-0.39, 0.29) is 0 Å². The van der Waals surface area contributed by atoms with E-state index in [0.29, 0.717) is 0 Å². The summed E-state index contributed by atoms with van der Waals surface area (Å²) in [6, 6.07) is 1.52. The van der Waals surface area contributed by atoms with Crippen LogP contribution in [0.2, 0.25) is 0 Å². The minimum atomic E-state index is 0.721. The van der Waals surface area contributed by atoms with Crippen LogP contribution < -0.4 is 0 Å². The van der Waals surface area contributed by atoms with Gasteiger partial charge in [-0.3, -0.25) is 9.80 Å². The van der Waals surface area contributed by atoms with Crippen molar-refractivity contribution < 1.29 is 0 Å². The van der Waals surface area contributed by atoms with E-state index in [4.69, 9.17) is 0 Å². The van der Waals surface area contributed by atoms with Gasteiger partial charge in [0.2, 0.25) is 0 Å². The van der Waals surface area contributed by atoms with Gasteiger partial charge in [0.05, 0.1) is 6.54 Å². The molecule has 106 valence electrons. The predicted octanol–water partition coefficient (Wildman–Crippen LogP) is 2.90. The second-order valence-electron chi connectivity index (χ2n) is 6.00. The fourth-order valence-corrected chi connectivity index (χ4v) is 4.36. The Hall–Kier alpha value is -0.450. The highest BCUT2D eigenvalue weighted by Crippen LogP contribution is 2.27. The van der Waals surface area contributed by atoms with Crippen molar-refractivity contribution in [1.82, 2.24) is 14.8 Å². The standard InChI is InChI=1S/C15H25N3S/c1-3-13-9-17-7-5-4-6-14(17)10-18(13)11-15-16-8-12(2)19-15/h8,13-14H,3-7,9-11H2,1-2H3. The first-order valence-corrected chi connectivity index (χ1v) is 8.47. The first-order chi connectivity index (χ1) is 9.26. The summed E-state index contributed by atoms with van der Waals surface area (Å²) < 4.78 is 0. The summed E-state index contributed by atoms with van der Waals surface area (Å²) in [6.45, 7) is 9.38. The molecule has 2 aliphatic rings. The van der Waals surface area contributed by atoms with Crippen molar-refractivity contribution in [1.29, 1.82) is 0 Å². The van der Waals surface area contributed by atoms with E-state index in [2.05, 4.69) is 28.6 Å². The van der Waals surface area contributed by atoms with Gasteiger partial charge >= 0.3 is 0 Å². The molecule has 3 heterocycles. The highest BCUT2D eigenvalue weighted by molar-refractivity contribution is 7.11. The molecule has 2 fully saturated rings. The topological polar surface area (TPSA) is 19.4 Å². The van der Waals surface area contributed by atoms with Gasteiger partial charge in [0.25, 0.3) is 0 Å². The monoisotopic (exact) mass is 279 g/mol. The number of hydrogen-bond acceptors (Lipinski definition) is 4. The van der Waals surface area contributed by atoms with Gasteiger partial charge in [-0.2, -0.15) is 0 Å². The van der Waals surface area contributed by atoms with Crippen LogP contribution in [0.1, 0.15) is 42.5 Å². The highest BCUT2D eigenvalue weighted by Gasteiger charge is 2.34. The number of thiazole rings is 1. The number of aryl methyl sites for hydroxylation is 1. The molecule has 0 radical (unpaired) electrons. The molecule has 0 saturated carbocycles. The average molecular weight is 279 g/mol. The maximum Gasteiger partial charge on any atom is 0.107 e. The quantitative estimate of drug-likeness (QED) is 0.848. The molecule has 0 bridgehead atoms. The third-order valence-corrected chi connectivity index (χ3v) is 5.53. The van der Waals surface area contributed by atoms with E-state index < -0.39 is 0 Å². The Balaban J connectivity index is 1.68. The van der Waals surface area contributed by atoms with E-state index >= 15 is 0 Å². The molecule has 3 nitrogen and oxygen atoms in total. The van der Waals surface area contributed by atoms with Crippen molar-refractivity contribution in [3.63, 3.8) is 0 Å². The summed E-state index contributed by atoms with van der Waals surface area (Å²) in [6.07, 6.45) is 7.48. The van der Waals surface area contributed by atoms with Crippen LogP contribution in [0.5, 0.6) is 0 Å². The molecule has 4 heteroatoms. The third kappa shape index (κ3) is 3.01. The Morgan fingerprint density at radius 1 is 1.37 bits per heavy atom. The molecule has 19 heavy (non-hydrogen) atoms. The van der Waals surface area contributed by atoms with Gasteiger partial charge in [-0.1, -0.05) is 13.3 Å². The SMILES string of the molecule is CCC1CN2CCCCC2CN1Cc1ncc(C)s1. The fraction of sp³-hybridized carbons (Fsp3) is 0.800. The van der Waals surface area contributed by atoms with E-state index in [1.165, 1.54) is 55.2 Å². The lowest BCUT2D eigenvalue weighted by atomic mass is 9.96. The minimum absolute atomic E-state index is 0.721. The summed E-state index contributed by atoms with van der Waals surface area (Å²) in [7, 11) is 0. The Kier molecular flexibility index (Phi) is 4.20. The number of piperazine rings is 1. The molecule has 2 saturated heterocycles. The van der Waals surface area contributed by atoms with Crippen LogP contribution in [0, 0.1) is 6.92 Å². The lowest BCUT2D eigenvalue weighted by Gasteiger charge is -2.48. The Bertz CT molecular complexity index is 417. The minimum Gasteiger partial charge on any atom is -0.298 e. The Labute approximate surface area is 120 Å². The lowest BCUT2D eigenvalue weighted by molar-refractivity contribution is 0.00325. The molecule has 0 N–H and O–H groups in total. The maximum atomic E-state index is 4.55. The molecule has 1 aromatic heterocycles. The van der Waals surface area contributed by atoms with Crippen LogP contribution in [0.4, 0.5) is 0 Å². The van der Waals surface area contributed by atoms with Crippen molar-refractivity contribution in [3.8, 4) is 0 Å². The average Bonchev–Trinajstić information content (AvgIpc) is 2.83. The van der Waals surface area contributed by atoms with Crippen LogP contribution in [-0.2, 0) is 6.54 Å². The van der Waals surface area contributed by atoms with Crippen LogP contribution in [0.3, 0.4) is 0 Å². The van der Waals surface area contributed by atoms with Gasteiger partial charge in [-0.25, -0.2) is 4.98 Å². The Morgan fingerprint density at radius 3 is 3.00 bits per heavy atom. The second-order valence-corrected chi connectivity index (χ2v) is 7.32. The first kappa shape index (κ1) is 13.5. The maximum absolute atomic E-state index is 4.55. The number of hydrogen-bond donors (Lipinski definition) is 0. The molecule has 1 aromatic rings. The molecule has 0 amide bonds. The smallest absolute Gasteiger partial charge is 0.107 e. The van der Waals surface area contributed by atoms with Crippen LogP contribution in [0.25, 0.3) is 0 Å². The van der Waals surface area contributed by atoms with Crippen molar-refractivity contribution >= 4 is 11.3 Å². The number of nitrogens with zero attached hydrogens (tertiary/aromatic N) is 3. The summed E-state index contributed by atoms with van der Waals surface area (Å²) in [5.41, 5.74) is 0. The molecular formula is C15H25N3S. The summed E-state index contributed by atoms with van der Waals surface area (Å²) in [4.78, 5) is 11.3. The van der Waals surface area contributed by atoms with Crippen LogP contribution in [0.15, 0.2) is 6.20 Å². The summed E-state index contributed by atoms with van der Waals surface area (Å²) >= 11 is 1.86. The molecule has 2 atom stereocenters. The van der Waals surface area contributed by atoms with Crippen molar-refractivity contribution in [3.05, 3.63) is 16.1 Å². The lowest BCUT2D eigenvalue weighted by Crippen LogP contribution is -2.58. The first-order valence-electron chi connectivity index (χ1n) is 7.65. The van der Waals surface area contributed by atoms with E-state index in [0.717, 1.165) is 18.6 Å². The van der Waals surface area contributed by atoms with Crippen LogP contribution >= 0.6 is 11.3 Å². The zero-order chi connectivity index (χ0) is 13.2. The predicted molar refractivity (Wildman–Crippen MR) is 80.6 cm³/mol. The largest absolute Gasteiger partial charge is 0.298 e. The van der Waals surface area contributed by atoms with E-state index in [9.17, 15) is 0 Å². The van der Waals surface area contributed by atoms with Crippen LogP contribution in [-0.4, -0.2) is 46.5 Å². The normalized spacial score (nSPS) is 29.4. The summed E-state index contributed by atoms with van der Waals surface area (Å²) in [5.74, 6) is 0. The van der Waals surface area contributed by atoms with Gasteiger partial charge in [-0.05, 0) is 32.7 Å². The zero-order valence-corrected chi connectivity index (χ0v) is 13.0. The number of piperidine rings is 1. The van der Waals surface area contributed by atoms with Gasteiger partial charge in [0.1, 0.15) is 5.01 Å².